The quantitative estimate of drug-likeness (QED) is 0.739. The molecule has 0 spiro atoms. The number of halogens is 1. The maximum absolute atomic E-state index is 13.0. The Bertz CT molecular complexity index is 485. The van der Waals surface area contributed by atoms with Gasteiger partial charge in [-0.25, -0.2) is 9.18 Å². The zero-order chi connectivity index (χ0) is 13.9. The van der Waals surface area contributed by atoms with E-state index in [1.807, 2.05) is 0 Å². The number of aryl methyl sites for hydroxylation is 1. The van der Waals surface area contributed by atoms with Crippen LogP contribution in [0.15, 0.2) is 18.2 Å². The van der Waals surface area contributed by atoms with Crippen molar-refractivity contribution in [3.8, 4) is 0 Å². The van der Waals surface area contributed by atoms with E-state index in [0.717, 1.165) is 13.0 Å². The number of carbonyl (C=O) groups excluding carboxylic acids is 1. The molecule has 1 aromatic rings. The van der Waals surface area contributed by atoms with Crippen molar-refractivity contribution in [2.75, 3.05) is 6.54 Å². The smallest absolute Gasteiger partial charge is 0.337 e. The van der Waals surface area contributed by atoms with Crippen LogP contribution in [0.25, 0.3) is 0 Å². The highest BCUT2D eigenvalue weighted by Gasteiger charge is 2.30. The Morgan fingerprint density at radius 1 is 1.44 bits per heavy atom. The van der Waals surface area contributed by atoms with E-state index in [-0.39, 0.29) is 5.56 Å². The van der Waals surface area contributed by atoms with Crippen molar-refractivity contribution >= 4 is 11.9 Å². The Kier molecular flexibility index (Phi) is 4.03. The van der Waals surface area contributed by atoms with Gasteiger partial charge in [-0.15, -0.1) is 0 Å². The van der Waals surface area contributed by atoms with E-state index in [9.17, 15) is 19.1 Å². The minimum Gasteiger partial charge on any atom is -0.479 e. The summed E-state index contributed by atoms with van der Waals surface area (Å²) in [5.41, 5.74) is -1.39. The second-order valence-electron chi connectivity index (χ2n) is 4.22. The summed E-state index contributed by atoms with van der Waals surface area (Å²) in [6.07, 6.45) is 0. The zero-order valence-corrected chi connectivity index (χ0v) is 10.0. The summed E-state index contributed by atoms with van der Waals surface area (Å²) < 4.78 is 13.0. The number of carbonyl (C=O) groups is 2. The highest BCUT2D eigenvalue weighted by atomic mass is 19.1. The summed E-state index contributed by atoms with van der Waals surface area (Å²) in [7, 11) is 0. The summed E-state index contributed by atoms with van der Waals surface area (Å²) >= 11 is 0. The molecule has 3 N–H and O–H groups in total. The average molecular weight is 255 g/mol. The molecule has 0 aliphatic carbocycles. The topological polar surface area (TPSA) is 86.6 Å². The van der Waals surface area contributed by atoms with Gasteiger partial charge in [0, 0.05) is 5.56 Å². The fourth-order valence-electron chi connectivity index (χ4n) is 1.26. The van der Waals surface area contributed by atoms with Crippen LogP contribution in [0.2, 0.25) is 0 Å². The molecule has 0 bridgehead atoms. The van der Waals surface area contributed by atoms with Crippen LogP contribution in [-0.2, 0) is 4.79 Å². The number of carboxylic acid groups (broad SMARTS) is 1. The van der Waals surface area contributed by atoms with Crippen LogP contribution in [0.1, 0.15) is 22.8 Å². The Labute approximate surface area is 103 Å². The van der Waals surface area contributed by atoms with E-state index in [1.54, 1.807) is 6.92 Å². The zero-order valence-electron chi connectivity index (χ0n) is 10.0. The number of nitrogens with one attached hydrogen (secondary N) is 1. The molecule has 0 fully saturated rings. The second-order valence-corrected chi connectivity index (χ2v) is 4.22. The third-order valence-corrected chi connectivity index (χ3v) is 2.50. The molecular weight excluding hydrogens is 241 g/mol. The Morgan fingerprint density at radius 2 is 2.06 bits per heavy atom. The highest BCUT2D eigenvalue weighted by Crippen LogP contribution is 2.10. The molecular formula is C12H14FNO4. The number of benzene rings is 1. The number of hydrogen-bond donors (Lipinski definition) is 3. The average Bonchev–Trinajstić information content (AvgIpc) is 2.29. The van der Waals surface area contributed by atoms with E-state index < -0.39 is 29.8 Å². The minimum absolute atomic E-state index is 0.108. The SMILES string of the molecule is Cc1ccc(F)cc1C(=O)NCC(C)(O)C(=O)O. The number of aliphatic hydroxyl groups is 1. The fraction of sp³-hybridized carbons (Fsp3) is 0.333. The van der Waals surface area contributed by atoms with Crippen LogP contribution in [0.5, 0.6) is 0 Å². The van der Waals surface area contributed by atoms with Crippen LogP contribution in [0.4, 0.5) is 4.39 Å². The number of aliphatic carboxylic acids is 1. The number of amides is 1. The van der Waals surface area contributed by atoms with Gasteiger partial charge in [-0.3, -0.25) is 4.79 Å². The molecule has 0 aromatic heterocycles. The third-order valence-electron chi connectivity index (χ3n) is 2.50. The van der Waals surface area contributed by atoms with E-state index in [2.05, 4.69) is 5.32 Å². The molecule has 0 aliphatic rings. The van der Waals surface area contributed by atoms with E-state index in [1.165, 1.54) is 12.1 Å². The Balaban J connectivity index is 2.78. The van der Waals surface area contributed by atoms with Crippen molar-refractivity contribution < 1.29 is 24.2 Å². The minimum atomic E-state index is -2.06. The van der Waals surface area contributed by atoms with Crippen molar-refractivity contribution in [1.82, 2.24) is 5.32 Å². The first kappa shape index (κ1) is 14.1. The van der Waals surface area contributed by atoms with E-state index in [4.69, 9.17) is 5.11 Å². The van der Waals surface area contributed by atoms with Crippen molar-refractivity contribution in [2.45, 2.75) is 19.4 Å². The van der Waals surface area contributed by atoms with Crippen molar-refractivity contribution in [3.63, 3.8) is 0 Å². The molecule has 0 heterocycles. The first-order valence-corrected chi connectivity index (χ1v) is 5.24. The van der Waals surface area contributed by atoms with Gasteiger partial charge in [0.1, 0.15) is 5.82 Å². The molecule has 1 aromatic carbocycles. The first-order valence-electron chi connectivity index (χ1n) is 5.24. The lowest BCUT2D eigenvalue weighted by atomic mass is 10.1. The molecule has 1 unspecified atom stereocenters. The first-order chi connectivity index (χ1) is 8.24. The normalized spacial score (nSPS) is 13.8. The molecule has 98 valence electrons. The predicted molar refractivity (Wildman–Crippen MR) is 61.7 cm³/mol. The standard InChI is InChI=1S/C12H14FNO4/c1-7-3-4-8(13)5-9(7)10(15)14-6-12(2,18)11(16)17/h3-5,18H,6H2,1-2H3,(H,14,15)(H,16,17). The molecule has 0 saturated carbocycles. The molecule has 0 saturated heterocycles. The maximum atomic E-state index is 13.0. The molecule has 6 heteroatoms. The summed E-state index contributed by atoms with van der Waals surface area (Å²) in [5, 5.41) is 20.3. The second kappa shape index (κ2) is 5.14. The van der Waals surface area contributed by atoms with Gasteiger partial charge in [-0.05, 0) is 31.5 Å². The fourth-order valence-corrected chi connectivity index (χ4v) is 1.26. The van der Waals surface area contributed by atoms with Crippen molar-refractivity contribution in [2.24, 2.45) is 0 Å². The van der Waals surface area contributed by atoms with Gasteiger partial charge in [0.25, 0.3) is 5.91 Å². The summed E-state index contributed by atoms with van der Waals surface area (Å²) in [6.45, 7) is 2.23. The van der Waals surface area contributed by atoms with Crippen molar-refractivity contribution in [3.05, 3.63) is 35.1 Å². The molecule has 5 nitrogen and oxygen atoms in total. The molecule has 0 aliphatic heterocycles. The van der Waals surface area contributed by atoms with Gasteiger partial charge in [-0.1, -0.05) is 6.07 Å². The lowest BCUT2D eigenvalue weighted by molar-refractivity contribution is -0.155. The summed E-state index contributed by atoms with van der Waals surface area (Å²) in [5.74, 6) is -2.64. The number of rotatable bonds is 4. The van der Waals surface area contributed by atoms with Gasteiger partial charge in [0.05, 0.1) is 6.54 Å². The molecule has 0 radical (unpaired) electrons. The Morgan fingerprint density at radius 3 is 2.61 bits per heavy atom. The molecule has 1 rings (SSSR count). The van der Waals surface area contributed by atoms with E-state index in [0.29, 0.717) is 5.56 Å². The van der Waals surface area contributed by atoms with Crippen LogP contribution >= 0.6 is 0 Å². The summed E-state index contributed by atoms with van der Waals surface area (Å²) in [4.78, 5) is 22.3. The van der Waals surface area contributed by atoms with E-state index >= 15 is 0 Å². The Hall–Kier alpha value is -1.95. The lowest BCUT2D eigenvalue weighted by Gasteiger charge is -2.18. The lowest BCUT2D eigenvalue weighted by Crippen LogP contribution is -2.46. The van der Waals surface area contributed by atoms with Gasteiger partial charge < -0.3 is 15.5 Å². The van der Waals surface area contributed by atoms with Crippen LogP contribution < -0.4 is 5.32 Å². The maximum Gasteiger partial charge on any atom is 0.337 e. The van der Waals surface area contributed by atoms with Crippen LogP contribution in [0, 0.1) is 12.7 Å². The molecule has 18 heavy (non-hydrogen) atoms. The van der Waals surface area contributed by atoms with Crippen LogP contribution in [0.3, 0.4) is 0 Å². The van der Waals surface area contributed by atoms with Gasteiger partial charge >= 0.3 is 5.97 Å². The van der Waals surface area contributed by atoms with Gasteiger partial charge in [0.2, 0.25) is 0 Å². The molecule has 1 amide bonds. The third kappa shape index (κ3) is 3.27. The number of carboxylic acids is 1. The summed E-state index contributed by atoms with van der Waals surface area (Å²) in [6, 6.07) is 3.72. The predicted octanol–water partition coefficient (Wildman–Crippen LogP) is 0.700. The molecule has 1 atom stereocenters. The monoisotopic (exact) mass is 255 g/mol. The van der Waals surface area contributed by atoms with Gasteiger partial charge in [-0.2, -0.15) is 0 Å². The highest BCUT2D eigenvalue weighted by molar-refractivity contribution is 5.96. The van der Waals surface area contributed by atoms with Crippen LogP contribution in [-0.4, -0.2) is 34.2 Å². The largest absolute Gasteiger partial charge is 0.479 e. The van der Waals surface area contributed by atoms with Crippen molar-refractivity contribution in [1.29, 1.82) is 0 Å². The van der Waals surface area contributed by atoms with Gasteiger partial charge in [0.15, 0.2) is 5.60 Å². The number of hydrogen-bond acceptors (Lipinski definition) is 3.